The number of carbonyl (C=O) groups excluding carboxylic acids is 2. The van der Waals surface area contributed by atoms with Crippen molar-refractivity contribution in [1.29, 1.82) is 0 Å². The molecule has 1 atom stereocenters. The predicted octanol–water partition coefficient (Wildman–Crippen LogP) is 1.77. The molecule has 0 aromatic carbocycles. The Morgan fingerprint density at radius 3 is 2.87 bits per heavy atom. The quantitative estimate of drug-likeness (QED) is 0.866. The largest absolute Gasteiger partial charge is 0.365 e. The van der Waals surface area contributed by atoms with Gasteiger partial charge < -0.3 is 16.0 Å². The Morgan fingerprint density at radius 1 is 1.35 bits per heavy atom. The van der Waals surface area contributed by atoms with Gasteiger partial charge in [-0.05, 0) is 30.9 Å². The summed E-state index contributed by atoms with van der Waals surface area (Å²) in [5.41, 5.74) is 5.74. The summed E-state index contributed by atoms with van der Waals surface area (Å²) >= 11 is 0. The minimum Gasteiger partial charge on any atom is -0.365 e. The van der Waals surface area contributed by atoms with E-state index in [0.717, 1.165) is 6.54 Å². The number of hydrogen-bond acceptors (Lipinski definition) is 4. The third-order valence-corrected chi connectivity index (χ3v) is 4.83. The number of nitrogens with two attached hydrogens (primary N) is 1. The summed E-state index contributed by atoms with van der Waals surface area (Å²) in [6, 6.07) is 3.31. The van der Waals surface area contributed by atoms with Crippen molar-refractivity contribution in [3.8, 4) is 0 Å². The van der Waals surface area contributed by atoms with Crippen LogP contribution in [0.3, 0.4) is 0 Å². The number of likely N-dealkylation sites (tertiary alicyclic amines) is 1. The smallest absolute Gasteiger partial charge is 0.252 e. The van der Waals surface area contributed by atoms with Gasteiger partial charge in [-0.3, -0.25) is 9.59 Å². The number of carbonyl (C=O) groups is 2. The molecule has 2 aliphatic rings. The molecule has 1 aliphatic carbocycles. The molecule has 0 radical (unpaired) electrons. The molecule has 1 aromatic heterocycles. The van der Waals surface area contributed by atoms with Gasteiger partial charge in [0.2, 0.25) is 5.91 Å². The van der Waals surface area contributed by atoms with Crippen LogP contribution in [-0.2, 0) is 4.79 Å². The summed E-state index contributed by atoms with van der Waals surface area (Å²) in [4.78, 5) is 29.8. The number of amides is 2. The fraction of sp³-hybridized carbons (Fsp3) is 0.588. The number of primary amides is 1. The highest BCUT2D eigenvalue weighted by Gasteiger charge is 2.32. The summed E-state index contributed by atoms with van der Waals surface area (Å²) in [6.07, 6.45) is 8.41. The first-order valence-corrected chi connectivity index (χ1v) is 8.42. The van der Waals surface area contributed by atoms with Crippen LogP contribution in [0.25, 0.3) is 0 Å². The van der Waals surface area contributed by atoms with Crippen molar-refractivity contribution >= 4 is 17.6 Å². The van der Waals surface area contributed by atoms with Crippen LogP contribution in [0.4, 0.5) is 5.82 Å². The van der Waals surface area contributed by atoms with E-state index in [1.165, 1.54) is 32.1 Å². The first-order chi connectivity index (χ1) is 11.1. The van der Waals surface area contributed by atoms with E-state index in [1.54, 1.807) is 18.3 Å². The average molecular weight is 316 g/mol. The van der Waals surface area contributed by atoms with Gasteiger partial charge in [0.15, 0.2) is 0 Å². The molecule has 0 unspecified atom stereocenters. The molecule has 6 heteroatoms. The molecule has 1 saturated carbocycles. The molecule has 2 heterocycles. The maximum atomic E-state index is 12.2. The summed E-state index contributed by atoms with van der Waals surface area (Å²) in [6.45, 7) is 1.53. The number of rotatable bonds is 5. The molecule has 0 spiro atoms. The summed E-state index contributed by atoms with van der Waals surface area (Å²) in [5.74, 6) is 0.786. The Morgan fingerprint density at radius 2 is 2.13 bits per heavy atom. The van der Waals surface area contributed by atoms with E-state index in [9.17, 15) is 9.59 Å². The Hall–Kier alpha value is -2.11. The minimum atomic E-state index is -0.510. The highest BCUT2D eigenvalue weighted by atomic mass is 16.2. The molecule has 3 N–H and O–H groups in total. The molecule has 1 aromatic rings. The maximum absolute atomic E-state index is 12.2. The lowest BCUT2D eigenvalue weighted by Crippen LogP contribution is -2.33. The SMILES string of the molecule is NC(=O)c1cccnc1N[C@@H]1CC(=O)N(CC2CCCCC2)C1. The van der Waals surface area contributed by atoms with Crippen LogP contribution in [0.2, 0.25) is 0 Å². The number of pyridine rings is 1. The molecule has 124 valence electrons. The molecule has 2 fully saturated rings. The van der Waals surface area contributed by atoms with Crippen molar-refractivity contribution in [3.05, 3.63) is 23.9 Å². The van der Waals surface area contributed by atoms with Gasteiger partial charge in [0.1, 0.15) is 5.82 Å². The molecule has 3 rings (SSSR count). The lowest BCUT2D eigenvalue weighted by molar-refractivity contribution is -0.128. The molecule has 1 aliphatic heterocycles. The highest BCUT2D eigenvalue weighted by Crippen LogP contribution is 2.26. The van der Waals surface area contributed by atoms with E-state index in [4.69, 9.17) is 5.73 Å². The van der Waals surface area contributed by atoms with Gasteiger partial charge in [-0.25, -0.2) is 4.98 Å². The zero-order valence-electron chi connectivity index (χ0n) is 13.3. The average Bonchev–Trinajstić information content (AvgIpc) is 2.88. The molecule has 23 heavy (non-hydrogen) atoms. The second-order valence-corrected chi connectivity index (χ2v) is 6.61. The van der Waals surface area contributed by atoms with E-state index in [0.29, 0.717) is 30.3 Å². The van der Waals surface area contributed by atoms with Gasteiger partial charge in [0, 0.05) is 25.7 Å². The zero-order chi connectivity index (χ0) is 16.2. The van der Waals surface area contributed by atoms with Crippen molar-refractivity contribution in [2.45, 2.75) is 44.6 Å². The van der Waals surface area contributed by atoms with Crippen LogP contribution >= 0.6 is 0 Å². The van der Waals surface area contributed by atoms with Gasteiger partial charge in [-0.1, -0.05) is 19.3 Å². The number of aromatic nitrogens is 1. The number of nitrogens with zero attached hydrogens (tertiary/aromatic N) is 2. The van der Waals surface area contributed by atoms with E-state index >= 15 is 0 Å². The van der Waals surface area contributed by atoms with Gasteiger partial charge in [0.25, 0.3) is 5.91 Å². The number of anilines is 1. The first-order valence-electron chi connectivity index (χ1n) is 8.42. The lowest BCUT2D eigenvalue weighted by atomic mass is 9.89. The van der Waals surface area contributed by atoms with E-state index in [-0.39, 0.29) is 11.9 Å². The molecular formula is C17H24N4O2. The molecular weight excluding hydrogens is 292 g/mol. The van der Waals surface area contributed by atoms with Crippen LogP contribution in [0, 0.1) is 5.92 Å². The Bertz CT molecular complexity index is 584. The zero-order valence-corrected chi connectivity index (χ0v) is 13.3. The Balaban J connectivity index is 1.60. The normalized spacial score (nSPS) is 22.3. The summed E-state index contributed by atoms with van der Waals surface area (Å²) in [5, 5.41) is 3.21. The monoisotopic (exact) mass is 316 g/mol. The van der Waals surface area contributed by atoms with Gasteiger partial charge >= 0.3 is 0 Å². The Kier molecular flexibility index (Phi) is 4.79. The van der Waals surface area contributed by atoms with Crippen molar-refractivity contribution in [3.63, 3.8) is 0 Å². The summed E-state index contributed by atoms with van der Waals surface area (Å²) in [7, 11) is 0. The first kappa shape index (κ1) is 15.8. The lowest BCUT2D eigenvalue weighted by Gasteiger charge is -2.27. The molecule has 0 bridgehead atoms. The van der Waals surface area contributed by atoms with E-state index in [1.807, 2.05) is 4.90 Å². The predicted molar refractivity (Wildman–Crippen MR) is 87.9 cm³/mol. The van der Waals surface area contributed by atoms with Crippen LogP contribution in [0.5, 0.6) is 0 Å². The van der Waals surface area contributed by atoms with Crippen LogP contribution in [0.15, 0.2) is 18.3 Å². The van der Waals surface area contributed by atoms with Gasteiger partial charge in [-0.15, -0.1) is 0 Å². The van der Waals surface area contributed by atoms with Crippen molar-refractivity contribution in [2.24, 2.45) is 11.7 Å². The number of hydrogen-bond donors (Lipinski definition) is 2. The van der Waals surface area contributed by atoms with E-state index in [2.05, 4.69) is 10.3 Å². The fourth-order valence-electron chi connectivity index (χ4n) is 3.64. The van der Waals surface area contributed by atoms with E-state index < -0.39 is 5.91 Å². The molecule has 2 amide bonds. The van der Waals surface area contributed by atoms with Crippen molar-refractivity contribution < 1.29 is 9.59 Å². The van der Waals surface area contributed by atoms with Crippen molar-refractivity contribution in [1.82, 2.24) is 9.88 Å². The van der Waals surface area contributed by atoms with Gasteiger partial charge in [-0.2, -0.15) is 0 Å². The minimum absolute atomic E-state index is 0.0147. The Labute approximate surface area is 136 Å². The topological polar surface area (TPSA) is 88.3 Å². The second-order valence-electron chi connectivity index (χ2n) is 6.61. The standard InChI is InChI=1S/C17H24N4O2/c18-16(23)14-7-4-8-19-17(14)20-13-9-15(22)21(11-13)10-12-5-2-1-3-6-12/h4,7-8,12-13H,1-3,5-6,9-11H2,(H2,18,23)(H,19,20)/t13-/m1/s1. The van der Waals surface area contributed by atoms with Crippen LogP contribution in [0.1, 0.15) is 48.9 Å². The second kappa shape index (κ2) is 6.98. The van der Waals surface area contributed by atoms with Crippen LogP contribution < -0.4 is 11.1 Å². The molecule has 6 nitrogen and oxygen atoms in total. The maximum Gasteiger partial charge on any atom is 0.252 e. The highest BCUT2D eigenvalue weighted by molar-refractivity contribution is 5.97. The van der Waals surface area contributed by atoms with Crippen LogP contribution in [-0.4, -0.2) is 40.8 Å². The fourth-order valence-corrected chi connectivity index (χ4v) is 3.64. The number of nitrogens with one attached hydrogen (secondary N) is 1. The molecule has 1 saturated heterocycles. The third kappa shape index (κ3) is 3.81. The van der Waals surface area contributed by atoms with Gasteiger partial charge in [0.05, 0.1) is 11.6 Å². The summed E-state index contributed by atoms with van der Waals surface area (Å²) < 4.78 is 0. The third-order valence-electron chi connectivity index (χ3n) is 4.83. The van der Waals surface area contributed by atoms with Crippen molar-refractivity contribution in [2.75, 3.05) is 18.4 Å².